The average Bonchev–Trinajstić information content (AvgIpc) is 2.20. The molecule has 0 fully saturated rings. The molecule has 1 aromatic rings. The second-order valence-electron chi connectivity index (χ2n) is 3.37. The molecule has 0 spiro atoms. The number of methoxy groups -OCH3 is 1. The zero-order valence-corrected chi connectivity index (χ0v) is 8.73. The molecule has 0 heterocycles. The Morgan fingerprint density at radius 2 is 1.93 bits per heavy atom. The maximum absolute atomic E-state index is 6.01. The van der Waals surface area contributed by atoms with E-state index in [4.69, 9.17) is 10.5 Å². The Morgan fingerprint density at radius 3 is 2.36 bits per heavy atom. The first-order valence-corrected chi connectivity index (χ1v) is 4.66. The number of benzene rings is 1. The van der Waals surface area contributed by atoms with Crippen molar-refractivity contribution in [1.82, 2.24) is 0 Å². The maximum Gasteiger partial charge on any atom is 0.0942 e. The summed E-state index contributed by atoms with van der Waals surface area (Å²) in [5, 5.41) is 0. The van der Waals surface area contributed by atoms with Crippen LogP contribution in [0, 0.1) is 6.92 Å². The third-order valence-corrected chi connectivity index (χ3v) is 2.32. The fourth-order valence-electron chi connectivity index (χ4n) is 1.37. The van der Waals surface area contributed by atoms with Crippen molar-refractivity contribution in [3.05, 3.63) is 48.0 Å². The summed E-state index contributed by atoms with van der Waals surface area (Å²) < 4.78 is 5.20. The van der Waals surface area contributed by atoms with E-state index < -0.39 is 0 Å². The van der Waals surface area contributed by atoms with Crippen LogP contribution in [0.25, 0.3) is 0 Å². The Bertz CT molecular complexity index is 292. The van der Waals surface area contributed by atoms with Gasteiger partial charge in [-0.25, -0.2) is 0 Å². The van der Waals surface area contributed by atoms with E-state index in [0.717, 1.165) is 5.56 Å². The topological polar surface area (TPSA) is 35.2 Å². The van der Waals surface area contributed by atoms with E-state index in [2.05, 4.69) is 13.5 Å². The number of hydrogen-bond acceptors (Lipinski definition) is 2. The number of hydrogen-bond donors (Lipinski definition) is 1. The highest BCUT2D eigenvalue weighted by Gasteiger charge is 2.14. The van der Waals surface area contributed by atoms with Crippen LogP contribution in [0.5, 0.6) is 0 Å². The minimum absolute atomic E-state index is 0.127. The van der Waals surface area contributed by atoms with Gasteiger partial charge in [0.05, 0.1) is 12.1 Å². The fourth-order valence-corrected chi connectivity index (χ4v) is 1.37. The van der Waals surface area contributed by atoms with Gasteiger partial charge in [-0.3, -0.25) is 0 Å². The highest BCUT2D eigenvalue weighted by Crippen LogP contribution is 2.17. The van der Waals surface area contributed by atoms with Crippen LogP contribution in [0.1, 0.15) is 17.2 Å². The Balaban J connectivity index is 2.82. The molecule has 2 N–H and O–H groups in total. The Morgan fingerprint density at radius 1 is 1.36 bits per heavy atom. The molecule has 2 atom stereocenters. The molecule has 14 heavy (non-hydrogen) atoms. The maximum atomic E-state index is 6.01. The molecule has 0 aliphatic heterocycles. The summed E-state index contributed by atoms with van der Waals surface area (Å²) in [6.45, 7) is 5.74. The van der Waals surface area contributed by atoms with Gasteiger partial charge >= 0.3 is 0 Å². The normalized spacial score (nSPS) is 14.8. The Hall–Kier alpha value is -1.12. The highest BCUT2D eigenvalue weighted by molar-refractivity contribution is 5.25. The first-order valence-electron chi connectivity index (χ1n) is 4.66. The van der Waals surface area contributed by atoms with Gasteiger partial charge in [0.15, 0.2) is 0 Å². The predicted molar refractivity (Wildman–Crippen MR) is 59.1 cm³/mol. The monoisotopic (exact) mass is 191 g/mol. The van der Waals surface area contributed by atoms with Crippen molar-refractivity contribution < 1.29 is 4.74 Å². The van der Waals surface area contributed by atoms with Gasteiger partial charge in [-0.15, -0.1) is 6.58 Å². The summed E-state index contributed by atoms with van der Waals surface area (Å²) in [7, 11) is 1.64. The Labute approximate surface area is 85.4 Å². The van der Waals surface area contributed by atoms with E-state index in [1.165, 1.54) is 5.56 Å². The van der Waals surface area contributed by atoms with Crippen LogP contribution < -0.4 is 5.73 Å². The number of rotatable bonds is 4. The van der Waals surface area contributed by atoms with Crippen LogP contribution in [0.2, 0.25) is 0 Å². The molecule has 76 valence electrons. The largest absolute Gasteiger partial charge is 0.375 e. The summed E-state index contributed by atoms with van der Waals surface area (Å²) in [4.78, 5) is 0. The van der Waals surface area contributed by atoms with E-state index in [9.17, 15) is 0 Å². The summed E-state index contributed by atoms with van der Waals surface area (Å²) in [5.74, 6) is 0. The zero-order valence-electron chi connectivity index (χ0n) is 8.73. The van der Waals surface area contributed by atoms with Gasteiger partial charge in [0.1, 0.15) is 0 Å². The SMILES string of the molecule is C=C[C@@H](OC)[C@H](N)c1ccc(C)cc1. The number of aryl methyl sites for hydroxylation is 1. The second kappa shape index (κ2) is 4.94. The van der Waals surface area contributed by atoms with Crippen LogP contribution in [-0.2, 0) is 4.74 Å². The molecule has 1 rings (SSSR count). The van der Waals surface area contributed by atoms with Gasteiger partial charge in [-0.05, 0) is 12.5 Å². The first kappa shape index (κ1) is 11.0. The van der Waals surface area contributed by atoms with E-state index in [0.29, 0.717) is 0 Å². The molecule has 0 unspecified atom stereocenters. The molecular formula is C12H17NO. The van der Waals surface area contributed by atoms with Crippen molar-refractivity contribution in [2.24, 2.45) is 5.73 Å². The molecule has 2 heteroatoms. The zero-order chi connectivity index (χ0) is 10.6. The van der Waals surface area contributed by atoms with Crippen LogP contribution in [-0.4, -0.2) is 13.2 Å². The summed E-state index contributed by atoms with van der Waals surface area (Å²) in [6.07, 6.45) is 1.60. The van der Waals surface area contributed by atoms with Crippen LogP contribution in [0.3, 0.4) is 0 Å². The van der Waals surface area contributed by atoms with Crippen LogP contribution >= 0.6 is 0 Å². The Kier molecular flexibility index (Phi) is 3.86. The molecule has 0 saturated carbocycles. The van der Waals surface area contributed by atoms with Gasteiger partial charge in [0.2, 0.25) is 0 Å². The molecule has 0 radical (unpaired) electrons. The van der Waals surface area contributed by atoms with Gasteiger partial charge in [0.25, 0.3) is 0 Å². The van der Waals surface area contributed by atoms with Gasteiger partial charge < -0.3 is 10.5 Å². The first-order chi connectivity index (χ1) is 6.69. The van der Waals surface area contributed by atoms with E-state index in [1.807, 2.05) is 24.3 Å². The number of nitrogens with two attached hydrogens (primary N) is 1. The van der Waals surface area contributed by atoms with Gasteiger partial charge in [-0.2, -0.15) is 0 Å². The van der Waals surface area contributed by atoms with Crippen molar-refractivity contribution in [3.63, 3.8) is 0 Å². The number of ether oxygens (including phenoxy) is 1. The van der Waals surface area contributed by atoms with E-state index in [-0.39, 0.29) is 12.1 Å². The molecule has 0 aromatic heterocycles. The molecule has 2 nitrogen and oxygen atoms in total. The van der Waals surface area contributed by atoms with Crippen molar-refractivity contribution >= 4 is 0 Å². The quantitative estimate of drug-likeness (QED) is 0.740. The van der Waals surface area contributed by atoms with E-state index in [1.54, 1.807) is 13.2 Å². The standard InChI is InChI=1S/C12H17NO/c1-4-11(14-3)12(13)10-7-5-9(2)6-8-10/h4-8,11-12H,1,13H2,2-3H3/t11-,12-/m1/s1. The van der Waals surface area contributed by atoms with Crippen LogP contribution in [0.15, 0.2) is 36.9 Å². The third-order valence-electron chi connectivity index (χ3n) is 2.32. The molecule has 0 bridgehead atoms. The fraction of sp³-hybridized carbons (Fsp3) is 0.333. The summed E-state index contributed by atoms with van der Waals surface area (Å²) >= 11 is 0. The summed E-state index contributed by atoms with van der Waals surface area (Å²) in [6, 6.07) is 8.00. The molecule has 0 aliphatic carbocycles. The van der Waals surface area contributed by atoms with Gasteiger partial charge in [-0.1, -0.05) is 35.9 Å². The lowest BCUT2D eigenvalue weighted by atomic mass is 10.0. The lowest BCUT2D eigenvalue weighted by Gasteiger charge is -2.19. The van der Waals surface area contributed by atoms with Crippen LogP contribution in [0.4, 0.5) is 0 Å². The third kappa shape index (κ3) is 2.44. The van der Waals surface area contributed by atoms with Crippen molar-refractivity contribution in [3.8, 4) is 0 Å². The van der Waals surface area contributed by atoms with E-state index >= 15 is 0 Å². The van der Waals surface area contributed by atoms with Gasteiger partial charge in [0, 0.05) is 7.11 Å². The highest BCUT2D eigenvalue weighted by atomic mass is 16.5. The second-order valence-corrected chi connectivity index (χ2v) is 3.37. The molecule has 0 aliphatic rings. The van der Waals surface area contributed by atoms with Crippen molar-refractivity contribution in [2.75, 3.05) is 7.11 Å². The average molecular weight is 191 g/mol. The molecule has 0 saturated heterocycles. The lowest BCUT2D eigenvalue weighted by molar-refractivity contribution is 0.119. The lowest BCUT2D eigenvalue weighted by Crippen LogP contribution is -2.25. The molecule has 0 amide bonds. The summed E-state index contributed by atoms with van der Waals surface area (Å²) in [5.41, 5.74) is 8.32. The predicted octanol–water partition coefficient (Wildman–Crippen LogP) is 2.20. The minimum atomic E-state index is -0.141. The van der Waals surface area contributed by atoms with Crippen molar-refractivity contribution in [2.45, 2.75) is 19.1 Å². The van der Waals surface area contributed by atoms with Crippen molar-refractivity contribution in [1.29, 1.82) is 0 Å². The minimum Gasteiger partial charge on any atom is -0.375 e. The smallest absolute Gasteiger partial charge is 0.0942 e. The molecule has 1 aromatic carbocycles. The molecular weight excluding hydrogens is 174 g/mol.